The van der Waals surface area contributed by atoms with E-state index in [1.165, 1.54) is 0 Å². The second-order valence-corrected chi connectivity index (χ2v) is 5.13. The third kappa shape index (κ3) is 4.97. The third-order valence-electron chi connectivity index (χ3n) is 2.74. The van der Waals surface area contributed by atoms with Crippen LogP contribution in [-0.4, -0.2) is 30.8 Å². The van der Waals surface area contributed by atoms with Gasteiger partial charge >= 0.3 is 0 Å². The minimum Gasteiger partial charge on any atom is -0.348 e. The first kappa shape index (κ1) is 16.2. The monoisotopic (exact) mass is 308 g/mol. The number of carbonyl (C=O) groups is 1. The Hall–Kier alpha value is -0.850. The molecule has 1 aliphatic heterocycles. The summed E-state index contributed by atoms with van der Waals surface area (Å²) in [5, 5.41) is 6.06. The van der Waals surface area contributed by atoms with Crippen molar-refractivity contribution in [3.05, 3.63) is 29.8 Å². The summed E-state index contributed by atoms with van der Waals surface area (Å²) in [6.07, 6.45) is 0.922. The molecular weight excluding hydrogens is 294 g/mol. The van der Waals surface area contributed by atoms with Gasteiger partial charge in [0, 0.05) is 23.0 Å². The zero-order valence-electron chi connectivity index (χ0n) is 10.1. The molecule has 3 nitrogen and oxygen atoms in total. The standard InChI is InChI=1S/C12H14F2N2OS.ClH/c13-12(14)18-10-3-1-8(2-4-10)11(17)16-9-5-6-15-7-9;/h1-4,9,12,15H,5-7H2,(H,16,17);1H. The molecule has 1 heterocycles. The molecule has 0 aliphatic carbocycles. The molecule has 2 rings (SSSR count). The Kier molecular flexibility index (Phi) is 6.54. The highest BCUT2D eigenvalue weighted by Crippen LogP contribution is 2.25. The summed E-state index contributed by atoms with van der Waals surface area (Å²) in [7, 11) is 0. The van der Waals surface area contributed by atoms with Crippen LogP contribution in [0.15, 0.2) is 29.2 Å². The SMILES string of the molecule is Cl.O=C(NC1CCNC1)c1ccc(SC(F)F)cc1. The van der Waals surface area contributed by atoms with Gasteiger partial charge in [-0.05, 0) is 37.2 Å². The van der Waals surface area contributed by atoms with Crippen molar-refractivity contribution in [2.45, 2.75) is 23.1 Å². The smallest absolute Gasteiger partial charge is 0.288 e. The van der Waals surface area contributed by atoms with E-state index in [4.69, 9.17) is 0 Å². The minimum atomic E-state index is -2.44. The lowest BCUT2D eigenvalue weighted by Gasteiger charge is -2.11. The lowest BCUT2D eigenvalue weighted by Crippen LogP contribution is -2.36. The number of alkyl halides is 2. The molecule has 0 spiro atoms. The van der Waals surface area contributed by atoms with Crippen LogP contribution in [0, 0.1) is 0 Å². The third-order valence-corrected chi connectivity index (χ3v) is 3.46. The highest BCUT2D eigenvalue weighted by Gasteiger charge is 2.17. The van der Waals surface area contributed by atoms with Gasteiger partial charge < -0.3 is 10.6 Å². The van der Waals surface area contributed by atoms with Gasteiger partial charge in [0.05, 0.1) is 0 Å². The molecule has 1 aromatic carbocycles. The fourth-order valence-corrected chi connectivity index (χ4v) is 2.33. The molecule has 1 aliphatic rings. The van der Waals surface area contributed by atoms with E-state index in [-0.39, 0.29) is 24.4 Å². The fourth-order valence-electron chi connectivity index (χ4n) is 1.83. The molecule has 106 valence electrons. The quantitative estimate of drug-likeness (QED) is 0.840. The molecule has 0 saturated carbocycles. The largest absolute Gasteiger partial charge is 0.348 e. The summed E-state index contributed by atoms with van der Waals surface area (Å²) >= 11 is 0.477. The van der Waals surface area contributed by atoms with Crippen molar-refractivity contribution >= 4 is 30.1 Å². The first-order valence-corrected chi connectivity index (χ1v) is 6.59. The van der Waals surface area contributed by atoms with Gasteiger partial charge in [0.1, 0.15) is 0 Å². The van der Waals surface area contributed by atoms with Crippen molar-refractivity contribution in [2.24, 2.45) is 0 Å². The summed E-state index contributed by atoms with van der Waals surface area (Å²) in [5.74, 6) is -2.59. The fraction of sp³-hybridized carbons (Fsp3) is 0.417. The van der Waals surface area contributed by atoms with Crippen LogP contribution in [0.1, 0.15) is 16.8 Å². The normalized spacial score (nSPS) is 18.2. The Morgan fingerprint density at radius 3 is 2.58 bits per heavy atom. The molecule has 1 aromatic rings. The number of thioether (sulfide) groups is 1. The molecule has 0 radical (unpaired) electrons. The molecule has 1 saturated heterocycles. The summed E-state index contributed by atoms with van der Waals surface area (Å²) in [6.45, 7) is 1.69. The van der Waals surface area contributed by atoms with Crippen LogP contribution in [0.4, 0.5) is 8.78 Å². The molecule has 0 bridgehead atoms. The van der Waals surface area contributed by atoms with Crippen LogP contribution < -0.4 is 10.6 Å². The number of halogens is 3. The molecule has 1 atom stereocenters. The van der Waals surface area contributed by atoms with Crippen molar-refractivity contribution in [2.75, 3.05) is 13.1 Å². The van der Waals surface area contributed by atoms with Crippen LogP contribution in [0.25, 0.3) is 0 Å². The summed E-state index contributed by atoms with van der Waals surface area (Å²) in [6, 6.07) is 6.38. The van der Waals surface area contributed by atoms with Gasteiger partial charge in [-0.3, -0.25) is 4.79 Å². The number of rotatable bonds is 4. The van der Waals surface area contributed by atoms with E-state index in [9.17, 15) is 13.6 Å². The zero-order chi connectivity index (χ0) is 13.0. The lowest BCUT2D eigenvalue weighted by molar-refractivity contribution is 0.0940. The topological polar surface area (TPSA) is 41.1 Å². The van der Waals surface area contributed by atoms with Crippen LogP contribution in [0.5, 0.6) is 0 Å². The second-order valence-electron chi connectivity index (χ2n) is 4.07. The average molecular weight is 309 g/mol. The molecular formula is C12H15ClF2N2OS. The molecule has 0 aromatic heterocycles. The summed E-state index contributed by atoms with van der Waals surface area (Å²) < 4.78 is 24.3. The Morgan fingerprint density at radius 1 is 1.37 bits per heavy atom. The maximum Gasteiger partial charge on any atom is 0.288 e. The van der Waals surface area contributed by atoms with E-state index in [1.54, 1.807) is 24.3 Å². The van der Waals surface area contributed by atoms with Crippen LogP contribution >= 0.6 is 24.2 Å². The van der Waals surface area contributed by atoms with Crippen molar-refractivity contribution in [3.8, 4) is 0 Å². The van der Waals surface area contributed by atoms with Crippen molar-refractivity contribution in [3.63, 3.8) is 0 Å². The van der Waals surface area contributed by atoms with Crippen LogP contribution in [0.2, 0.25) is 0 Å². The first-order chi connectivity index (χ1) is 8.65. The van der Waals surface area contributed by atoms with E-state index >= 15 is 0 Å². The Balaban J connectivity index is 0.00000180. The van der Waals surface area contributed by atoms with E-state index in [1.807, 2.05) is 0 Å². The Bertz CT molecular complexity index is 411. The highest BCUT2D eigenvalue weighted by atomic mass is 35.5. The van der Waals surface area contributed by atoms with Crippen LogP contribution in [-0.2, 0) is 0 Å². The molecule has 1 unspecified atom stereocenters. The van der Waals surface area contributed by atoms with Gasteiger partial charge in [0.25, 0.3) is 11.7 Å². The van der Waals surface area contributed by atoms with E-state index in [0.717, 1.165) is 19.5 Å². The van der Waals surface area contributed by atoms with E-state index in [0.29, 0.717) is 22.2 Å². The minimum absolute atomic E-state index is 0. The second kappa shape index (κ2) is 7.67. The number of amides is 1. The van der Waals surface area contributed by atoms with E-state index in [2.05, 4.69) is 10.6 Å². The molecule has 1 fully saturated rings. The van der Waals surface area contributed by atoms with Gasteiger partial charge in [-0.15, -0.1) is 12.4 Å². The Labute approximate surface area is 120 Å². The molecule has 19 heavy (non-hydrogen) atoms. The molecule has 2 N–H and O–H groups in total. The van der Waals surface area contributed by atoms with E-state index < -0.39 is 5.76 Å². The van der Waals surface area contributed by atoms with Crippen molar-refractivity contribution < 1.29 is 13.6 Å². The summed E-state index contributed by atoms with van der Waals surface area (Å²) in [5.41, 5.74) is 0.500. The maximum absolute atomic E-state index is 12.1. The number of benzene rings is 1. The molecule has 7 heteroatoms. The first-order valence-electron chi connectivity index (χ1n) is 5.71. The average Bonchev–Trinajstić information content (AvgIpc) is 2.82. The molecule has 1 amide bonds. The number of hydrogen-bond acceptors (Lipinski definition) is 3. The number of hydrogen-bond donors (Lipinski definition) is 2. The predicted molar refractivity (Wildman–Crippen MR) is 74.3 cm³/mol. The number of nitrogens with one attached hydrogen (secondary N) is 2. The Morgan fingerprint density at radius 2 is 2.05 bits per heavy atom. The van der Waals surface area contributed by atoms with Gasteiger partial charge in [-0.2, -0.15) is 8.78 Å². The lowest BCUT2D eigenvalue weighted by atomic mass is 10.2. The van der Waals surface area contributed by atoms with Gasteiger partial charge in [-0.25, -0.2) is 0 Å². The van der Waals surface area contributed by atoms with Crippen molar-refractivity contribution in [1.82, 2.24) is 10.6 Å². The predicted octanol–water partition coefficient (Wildman–Crippen LogP) is 2.51. The van der Waals surface area contributed by atoms with Crippen molar-refractivity contribution in [1.29, 1.82) is 0 Å². The van der Waals surface area contributed by atoms with Gasteiger partial charge in [-0.1, -0.05) is 11.8 Å². The zero-order valence-corrected chi connectivity index (χ0v) is 11.7. The highest BCUT2D eigenvalue weighted by molar-refractivity contribution is 7.99. The maximum atomic E-state index is 12.1. The van der Waals surface area contributed by atoms with Crippen LogP contribution in [0.3, 0.4) is 0 Å². The number of carbonyl (C=O) groups excluding carboxylic acids is 1. The van der Waals surface area contributed by atoms with Gasteiger partial charge in [0.15, 0.2) is 0 Å². The van der Waals surface area contributed by atoms with Gasteiger partial charge in [0.2, 0.25) is 0 Å². The summed E-state index contributed by atoms with van der Waals surface area (Å²) in [4.78, 5) is 12.3.